The van der Waals surface area contributed by atoms with Crippen LogP contribution in [0.5, 0.6) is 0 Å². The maximum Gasteiger partial charge on any atom is 0.326 e. The van der Waals surface area contributed by atoms with Gasteiger partial charge in [0.05, 0.1) is 11.0 Å². The van der Waals surface area contributed by atoms with Crippen molar-refractivity contribution in [3.63, 3.8) is 0 Å². The zero-order valence-electron chi connectivity index (χ0n) is 12.2. The average molecular weight is 317 g/mol. The van der Waals surface area contributed by atoms with E-state index in [4.69, 9.17) is 5.11 Å². The number of piperidine rings is 1. The molecule has 0 aromatic heterocycles. The molecule has 0 radical (unpaired) electrons. The molecule has 2 aliphatic rings. The molecule has 120 valence electrons. The lowest BCUT2D eigenvalue weighted by molar-refractivity contribution is -0.151. The maximum absolute atomic E-state index is 12.2. The van der Waals surface area contributed by atoms with Gasteiger partial charge in [0.1, 0.15) is 6.04 Å². The van der Waals surface area contributed by atoms with E-state index in [1.165, 1.54) is 4.90 Å². The van der Waals surface area contributed by atoms with Gasteiger partial charge in [-0.25, -0.2) is 13.2 Å². The fourth-order valence-electron chi connectivity index (χ4n) is 3.27. The van der Waals surface area contributed by atoms with Gasteiger partial charge in [-0.05, 0) is 32.1 Å². The van der Waals surface area contributed by atoms with Gasteiger partial charge in [-0.15, -0.1) is 0 Å². The van der Waals surface area contributed by atoms with Crippen molar-refractivity contribution in [1.29, 1.82) is 0 Å². The molecule has 2 rings (SSSR count). The summed E-state index contributed by atoms with van der Waals surface area (Å²) in [6.07, 6.45) is 5.19. The molecule has 1 atom stereocenters. The molecule has 1 N–H and O–H groups in total. The Morgan fingerprint density at radius 1 is 1.05 bits per heavy atom. The number of nitrogens with zero attached hydrogens (tertiary/aromatic N) is 1. The molecule has 0 aromatic rings. The molecule has 0 bridgehead atoms. The van der Waals surface area contributed by atoms with Crippen LogP contribution in [0, 0.1) is 0 Å². The first-order valence-electron chi connectivity index (χ1n) is 7.65. The van der Waals surface area contributed by atoms with Gasteiger partial charge < -0.3 is 10.0 Å². The highest BCUT2D eigenvalue weighted by Crippen LogP contribution is 2.26. The van der Waals surface area contributed by atoms with Crippen LogP contribution in [0.15, 0.2) is 0 Å². The minimum absolute atomic E-state index is 0.0946. The highest BCUT2D eigenvalue weighted by molar-refractivity contribution is 7.92. The van der Waals surface area contributed by atoms with Crippen LogP contribution >= 0.6 is 0 Å². The van der Waals surface area contributed by atoms with E-state index in [2.05, 4.69) is 0 Å². The fraction of sp³-hybridized carbons (Fsp3) is 0.857. The van der Waals surface area contributed by atoms with Crippen molar-refractivity contribution in [1.82, 2.24) is 4.90 Å². The van der Waals surface area contributed by atoms with Gasteiger partial charge in [0, 0.05) is 13.0 Å². The van der Waals surface area contributed by atoms with Crippen molar-refractivity contribution in [3.8, 4) is 0 Å². The zero-order chi connectivity index (χ0) is 15.5. The molecule has 1 saturated carbocycles. The van der Waals surface area contributed by atoms with Crippen LogP contribution in [0.4, 0.5) is 0 Å². The summed E-state index contributed by atoms with van der Waals surface area (Å²) in [4.78, 5) is 24.7. The summed E-state index contributed by atoms with van der Waals surface area (Å²) in [7, 11) is -3.23. The number of carbonyl (C=O) groups is 2. The molecule has 6 nitrogen and oxygen atoms in total. The van der Waals surface area contributed by atoms with E-state index in [1.54, 1.807) is 0 Å². The number of aliphatic carboxylic acids is 1. The third kappa shape index (κ3) is 3.96. The molecule has 1 unspecified atom stereocenters. The number of rotatable bonds is 5. The number of likely N-dealkylation sites (tertiary alicyclic amines) is 1. The smallest absolute Gasteiger partial charge is 0.326 e. The Hall–Kier alpha value is -1.11. The molecule has 1 aliphatic heterocycles. The predicted octanol–water partition coefficient (Wildman–Crippen LogP) is 1.20. The number of carbonyl (C=O) groups excluding carboxylic acids is 1. The van der Waals surface area contributed by atoms with Crippen LogP contribution in [0.3, 0.4) is 0 Å². The van der Waals surface area contributed by atoms with Crippen LogP contribution < -0.4 is 0 Å². The van der Waals surface area contributed by atoms with Crippen molar-refractivity contribution in [2.24, 2.45) is 0 Å². The number of carboxylic acids is 1. The second-order valence-electron chi connectivity index (χ2n) is 5.96. The van der Waals surface area contributed by atoms with Crippen molar-refractivity contribution in [3.05, 3.63) is 0 Å². The van der Waals surface area contributed by atoms with Gasteiger partial charge in [-0.1, -0.05) is 12.8 Å². The standard InChI is InChI=1S/C14H23NO5S/c16-13(15-9-4-3-7-12(15)14(17)18)8-10-21(19,20)11-5-1-2-6-11/h11-12H,1-10H2,(H,17,18). The zero-order valence-corrected chi connectivity index (χ0v) is 13.0. The molecule has 2 fully saturated rings. The number of hydrogen-bond acceptors (Lipinski definition) is 4. The lowest BCUT2D eigenvalue weighted by atomic mass is 10.0. The van der Waals surface area contributed by atoms with Gasteiger partial charge in [0.25, 0.3) is 0 Å². The highest BCUT2D eigenvalue weighted by Gasteiger charge is 2.34. The van der Waals surface area contributed by atoms with E-state index < -0.39 is 21.8 Å². The molecule has 1 aliphatic carbocycles. The summed E-state index contributed by atoms with van der Waals surface area (Å²) in [5.74, 6) is -1.50. The molecule has 7 heteroatoms. The first kappa shape index (κ1) is 16.3. The van der Waals surface area contributed by atoms with Crippen LogP contribution in [-0.4, -0.2) is 53.9 Å². The minimum Gasteiger partial charge on any atom is -0.480 e. The molecule has 21 heavy (non-hydrogen) atoms. The molecular formula is C14H23NO5S. The van der Waals surface area contributed by atoms with Crippen LogP contribution in [0.1, 0.15) is 51.4 Å². The van der Waals surface area contributed by atoms with E-state index in [0.717, 1.165) is 25.7 Å². The molecule has 0 aromatic carbocycles. The summed E-state index contributed by atoms with van der Waals surface area (Å²) >= 11 is 0. The van der Waals surface area contributed by atoms with Gasteiger partial charge >= 0.3 is 5.97 Å². The van der Waals surface area contributed by atoms with Gasteiger partial charge in [-0.3, -0.25) is 4.79 Å². The third-order valence-corrected chi connectivity index (χ3v) is 6.78. The van der Waals surface area contributed by atoms with E-state index in [-0.39, 0.29) is 23.3 Å². The SMILES string of the molecule is O=C(O)C1CCCCN1C(=O)CCS(=O)(=O)C1CCCC1. The molecule has 1 amide bonds. The summed E-state index contributed by atoms with van der Waals surface area (Å²) < 4.78 is 24.3. The number of amides is 1. The van der Waals surface area contributed by atoms with Crippen molar-refractivity contribution in [2.75, 3.05) is 12.3 Å². The Kier molecular flexibility index (Phi) is 5.24. The Morgan fingerprint density at radius 2 is 1.67 bits per heavy atom. The molecule has 1 heterocycles. The van der Waals surface area contributed by atoms with E-state index in [1.807, 2.05) is 0 Å². The van der Waals surface area contributed by atoms with Gasteiger partial charge in [0.15, 0.2) is 9.84 Å². The molecule has 1 saturated heterocycles. The first-order chi connectivity index (χ1) is 9.92. The summed E-state index contributed by atoms with van der Waals surface area (Å²) in [5.41, 5.74) is 0. The molecule has 0 spiro atoms. The quantitative estimate of drug-likeness (QED) is 0.822. The lowest BCUT2D eigenvalue weighted by Crippen LogP contribution is -2.48. The molecular weight excluding hydrogens is 294 g/mol. The monoisotopic (exact) mass is 317 g/mol. The summed E-state index contributed by atoms with van der Waals surface area (Å²) in [6.45, 7) is 0.416. The number of sulfone groups is 1. The normalized spacial score (nSPS) is 24.2. The second-order valence-corrected chi connectivity index (χ2v) is 8.36. The van der Waals surface area contributed by atoms with E-state index in [0.29, 0.717) is 25.8 Å². The Morgan fingerprint density at radius 3 is 2.29 bits per heavy atom. The average Bonchev–Trinajstić information content (AvgIpc) is 3.00. The fourth-order valence-corrected chi connectivity index (χ4v) is 5.12. The predicted molar refractivity (Wildman–Crippen MR) is 77.6 cm³/mol. The second kappa shape index (κ2) is 6.77. The Balaban J connectivity index is 1.92. The van der Waals surface area contributed by atoms with Crippen LogP contribution in [-0.2, 0) is 19.4 Å². The largest absolute Gasteiger partial charge is 0.480 e. The van der Waals surface area contributed by atoms with E-state index >= 15 is 0 Å². The van der Waals surface area contributed by atoms with Crippen molar-refractivity contribution < 1.29 is 23.1 Å². The van der Waals surface area contributed by atoms with Crippen molar-refractivity contribution >= 4 is 21.7 Å². The summed E-state index contributed by atoms with van der Waals surface area (Å²) in [5, 5.41) is 8.84. The summed E-state index contributed by atoms with van der Waals surface area (Å²) in [6, 6.07) is -0.791. The maximum atomic E-state index is 12.2. The first-order valence-corrected chi connectivity index (χ1v) is 9.37. The number of hydrogen-bond donors (Lipinski definition) is 1. The number of carboxylic acid groups (broad SMARTS) is 1. The van der Waals surface area contributed by atoms with Gasteiger partial charge in [0.2, 0.25) is 5.91 Å². The third-order valence-electron chi connectivity index (χ3n) is 4.52. The van der Waals surface area contributed by atoms with E-state index in [9.17, 15) is 18.0 Å². The van der Waals surface area contributed by atoms with Crippen LogP contribution in [0.25, 0.3) is 0 Å². The minimum atomic E-state index is -3.23. The highest BCUT2D eigenvalue weighted by atomic mass is 32.2. The Labute approximate surface area is 125 Å². The van der Waals surface area contributed by atoms with Gasteiger partial charge in [-0.2, -0.15) is 0 Å². The van der Waals surface area contributed by atoms with Crippen LogP contribution in [0.2, 0.25) is 0 Å². The van der Waals surface area contributed by atoms with Crippen molar-refractivity contribution in [2.45, 2.75) is 62.7 Å². The lowest BCUT2D eigenvalue weighted by Gasteiger charge is -2.33. The Bertz CT molecular complexity index is 495. The topological polar surface area (TPSA) is 91.8 Å².